The first-order chi connectivity index (χ1) is 21.5. The number of benzene rings is 2. The molecule has 0 spiro atoms. The highest BCUT2D eigenvalue weighted by Gasteiger charge is 2.19. The van der Waals surface area contributed by atoms with Gasteiger partial charge in [0, 0.05) is 44.8 Å². The Morgan fingerprint density at radius 2 is 1.27 bits per heavy atom. The number of alkyl halides is 2. The lowest BCUT2D eigenvalue weighted by molar-refractivity contribution is -0.159. The van der Waals surface area contributed by atoms with Crippen molar-refractivity contribution < 1.29 is 62.7 Å². The number of halogens is 2. The molecule has 16 heteroatoms. The van der Waals surface area contributed by atoms with E-state index in [1.807, 2.05) is 30.3 Å². The van der Waals surface area contributed by atoms with Gasteiger partial charge in [-0.3, -0.25) is 9.69 Å². The highest BCUT2D eigenvalue weighted by Crippen LogP contribution is 2.28. The maximum Gasteiger partial charge on any atom is 0.414 e. The maximum atomic E-state index is 12.5. The number of piperazine rings is 1. The van der Waals surface area contributed by atoms with E-state index in [1.165, 1.54) is 0 Å². The van der Waals surface area contributed by atoms with Gasteiger partial charge in [-0.05, 0) is 36.4 Å². The molecule has 3 rings (SSSR count). The second kappa shape index (κ2) is 21.4. The van der Waals surface area contributed by atoms with Crippen molar-refractivity contribution in [3.05, 3.63) is 66.2 Å². The Morgan fingerprint density at radius 3 is 1.80 bits per heavy atom. The Morgan fingerprint density at radius 1 is 0.733 bits per heavy atom. The molecule has 0 aromatic heterocycles. The number of ether oxygens (including phenoxy) is 2. The van der Waals surface area contributed by atoms with Gasteiger partial charge in [-0.1, -0.05) is 24.3 Å². The Kier molecular flexibility index (Phi) is 18.0. The molecular formula is C29H35F2N3O11. The van der Waals surface area contributed by atoms with Gasteiger partial charge in [0.25, 0.3) is 5.91 Å². The fourth-order valence-corrected chi connectivity index (χ4v) is 3.58. The smallest absolute Gasteiger partial charge is 0.414 e. The molecule has 1 aliphatic rings. The van der Waals surface area contributed by atoms with Gasteiger partial charge in [-0.15, -0.1) is 0 Å². The molecule has 0 aliphatic carbocycles. The van der Waals surface area contributed by atoms with Crippen molar-refractivity contribution in [2.24, 2.45) is 0 Å². The number of aliphatic carboxylic acids is 4. The van der Waals surface area contributed by atoms with Gasteiger partial charge < -0.3 is 40.1 Å². The number of rotatable bonds is 12. The number of hydrogen-bond acceptors (Lipinski definition) is 9. The zero-order valence-electron chi connectivity index (χ0n) is 24.1. The van der Waals surface area contributed by atoms with E-state index >= 15 is 0 Å². The zero-order chi connectivity index (χ0) is 33.6. The molecular weight excluding hydrogens is 604 g/mol. The second-order valence-corrected chi connectivity index (χ2v) is 8.76. The summed E-state index contributed by atoms with van der Waals surface area (Å²) in [5, 5.41) is 32.4. The largest absolute Gasteiger partial charge is 0.491 e. The summed E-state index contributed by atoms with van der Waals surface area (Å²) in [6.07, 6.45) is 4.01. The minimum Gasteiger partial charge on any atom is -0.491 e. The van der Waals surface area contributed by atoms with E-state index in [4.69, 9.17) is 49.1 Å². The van der Waals surface area contributed by atoms with E-state index in [2.05, 4.69) is 21.2 Å². The SMILES string of the molecule is O=C(NC/C=C/CN1CCN(c2ccccc2OCCF)CC1)c1ccc(OCCF)cc1.O=C(O)C(=O)O.O=C(O)C(=O)O. The molecule has 0 radical (unpaired) electrons. The monoisotopic (exact) mass is 639 g/mol. The van der Waals surface area contributed by atoms with E-state index < -0.39 is 37.2 Å². The standard InChI is InChI=1S/C25H31F2N3O3.2C2H2O4/c26-11-19-32-22-9-7-21(8-10-22)25(31)28-13-3-4-14-29-15-17-30(18-16-29)23-5-1-2-6-24(23)33-20-12-27;2*3-1(4)2(5)6/h1-10H,11-20H2,(H,28,31);2*(H,3,4)(H,5,6)/b4-3+;;. The summed E-state index contributed by atoms with van der Waals surface area (Å²) in [6, 6.07) is 14.4. The highest BCUT2D eigenvalue weighted by molar-refractivity contribution is 6.27. The van der Waals surface area contributed by atoms with E-state index in [9.17, 15) is 13.6 Å². The van der Waals surface area contributed by atoms with Crippen molar-refractivity contribution in [1.82, 2.24) is 10.2 Å². The number of anilines is 1. The summed E-state index contributed by atoms with van der Waals surface area (Å²) in [7, 11) is 0. The van der Waals surface area contributed by atoms with Crippen molar-refractivity contribution in [1.29, 1.82) is 0 Å². The van der Waals surface area contributed by atoms with E-state index in [-0.39, 0.29) is 19.1 Å². The average molecular weight is 640 g/mol. The Bertz CT molecular complexity index is 1220. The molecule has 14 nitrogen and oxygen atoms in total. The first-order valence-electron chi connectivity index (χ1n) is 13.4. The van der Waals surface area contributed by atoms with Crippen molar-refractivity contribution in [3.8, 4) is 11.5 Å². The molecule has 0 atom stereocenters. The van der Waals surface area contributed by atoms with Crippen LogP contribution in [0, 0.1) is 0 Å². The van der Waals surface area contributed by atoms with Crippen LogP contribution < -0.4 is 19.7 Å². The molecule has 5 N–H and O–H groups in total. The lowest BCUT2D eigenvalue weighted by Crippen LogP contribution is -2.46. The van der Waals surface area contributed by atoms with Crippen LogP contribution in [0.5, 0.6) is 11.5 Å². The first-order valence-corrected chi connectivity index (χ1v) is 13.4. The first kappa shape index (κ1) is 37.8. The number of para-hydroxylation sites is 2. The number of carboxylic acids is 4. The summed E-state index contributed by atoms with van der Waals surface area (Å²) in [5.41, 5.74) is 1.54. The highest BCUT2D eigenvalue weighted by atomic mass is 19.1. The Labute approximate surface area is 257 Å². The molecule has 1 heterocycles. The van der Waals surface area contributed by atoms with Crippen molar-refractivity contribution >= 4 is 35.5 Å². The van der Waals surface area contributed by atoms with Crippen molar-refractivity contribution in [2.45, 2.75) is 0 Å². The number of carboxylic acid groups (broad SMARTS) is 4. The molecule has 2 aromatic rings. The third-order valence-electron chi connectivity index (χ3n) is 5.65. The number of nitrogens with one attached hydrogen (secondary N) is 1. The van der Waals surface area contributed by atoms with E-state index in [1.54, 1.807) is 24.3 Å². The predicted molar refractivity (Wildman–Crippen MR) is 156 cm³/mol. The van der Waals surface area contributed by atoms with Crippen LogP contribution in [0.4, 0.5) is 14.5 Å². The van der Waals surface area contributed by atoms with Crippen LogP contribution in [-0.4, -0.2) is 121 Å². The normalized spacial score (nSPS) is 12.5. The lowest BCUT2D eigenvalue weighted by Gasteiger charge is -2.36. The van der Waals surface area contributed by atoms with E-state index in [0.29, 0.717) is 17.9 Å². The van der Waals surface area contributed by atoms with Gasteiger partial charge in [0.15, 0.2) is 0 Å². The summed E-state index contributed by atoms with van der Waals surface area (Å²) in [6.45, 7) is 3.83. The Hall–Kier alpha value is -5.25. The van der Waals surface area contributed by atoms with Gasteiger partial charge in [0.2, 0.25) is 0 Å². The minimum absolute atomic E-state index is 0.00750. The summed E-state index contributed by atoms with van der Waals surface area (Å²) < 4.78 is 35.3. The van der Waals surface area contributed by atoms with Crippen LogP contribution in [0.25, 0.3) is 0 Å². The van der Waals surface area contributed by atoms with Gasteiger partial charge in [-0.25, -0.2) is 28.0 Å². The maximum absolute atomic E-state index is 12.5. The molecule has 1 fully saturated rings. The van der Waals surface area contributed by atoms with Crippen LogP contribution in [0.15, 0.2) is 60.7 Å². The summed E-state index contributed by atoms with van der Waals surface area (Å²) in [5.74, 6) is -6.20. The van der Waals surface area contributed by atoms with Crippen LogP contribution >= 0.6 is 0 Å². The average Bonchev–Trinajstić information content (AvgIpc) is 3.03. The molecule has 1 saturated heterocycles. The predicted octanol–water partition coefficient (Wildman–Crippen LogP) is 1.80. The third kappa shape index (κ3) is 15.7. The number of hydrogen-bond donors (Lipinski definition) is 5. The lowest BCUT2D eigenvalue weighted by atomic mass is 10.2. The molecule has 0 unspecified atom stereocenters. The van der Waals surface area contributed by atoms with Gasteiger partial charge in [-0.2, -0.15) is 0 Å². The fraction of sp³-hybridized carbons (Fsp3) is 0.345. The minimum atomic E-state index is -1.82. The van der Waals surface area contributed by atoms with Crippen molar-refractivity contribution in [3.63, 3.8) is 0 Å². The number of carbonyl (C=O) groups is 5. The molecule has 1 amide bonds. The van der Waals surface area contributed by atoms with Crippen LogP contribution in [-0.2, 0) is 19.2 Å². The molecule has 2 aromatic carbocycles. The molecule has 1 aliphatic heterocycles. The molecule has 0 bridgehead atoms. The zero-order valence-corrected chi connectivity index (χ0v) is 24.1. The quantitative estimate of drug-likeness (QED) is 0.166. The number of amides is 1. The second-order valence-electron chi connectivity index (χ2n) is 8.76. The topological polar surface area (TPSA) is 203 Å². The molecule has 0 saturated carbocycles. The fourth-order valence-electron chi connectivity index (χ4n) is 3.58. The van der Waals surface area contributed by atoms with E-state index in [0.717, 1.165) is 44.2 Å². The third-order valence-corrected chi connectivity index (χ3v) is 5.65. The van der Waals surface area contributed by atoms with Crippen LogP contribution in [0.3, 0.4) is 0 Å². The number of nitrogens with zero attached hydrogens (tertiary/aromatic N) is 2. The van der Waals surface area contributed by atoms with Gasteiger partial charge in [0.1, 0.15) is 38.1 Å². The van der Waals surface area contributed by atoms with Crippen molar-refractivity contribution in [2.75, 3.05) is 70.7 Å². The van der Waals surface area contributed by atoms with Crippen LogP contribution in [0.2, 0.25) is 0 Å². The van der Waals surface area contributed by atoms with Crippen LogP contribution in [0.1, 0.15) is 10.4 Å². The molecule has 45 heavy (non-hydrogen) atoms. The van der Waals surface area contributed by atoms with Gasteiger partial charge >= 0.3 is 23.9 Å². The number of carbonyl (C=O) groups excluding carboxylic acids is 1. The summed E-state index contributed by atoms with van der Waals surface area (Å²) in [4.78, 5) is 53.2. The Balaban J connectivity index is 0.000000714. The molecule has 246 valence electrons. The van der Waals surface area contributed by atoms with Gasteiger partial charge in [0.05, 0.1) is 5.69 Å². The summed E-state index contributed by atoms with van der Waals surface area (Å²) >= 11 is 0.